The molecule has 0 radical (unpaired) electrons. The highest BCUT2D eigenvalue weighted by atomic mass is 32.2. The van der Waals surface area contributed by atoms with Crippen LogP contribution in [0.3, 0.4) is 0 Å². The maximum atomic E-state index is 12.3. The molecule has 1 aliphatic heterocycles. The summed E-state index contributed by atoms with van der Waals surface area (Å²) in [6, 6.07) is 6.98. The summed E-state index contributed by atoms with van der Waals surface area (Å²) in [6.45, 7) is 7.39. The molecular weight excluding hydrogens is 314 g/mol. The van der Waals surface area contributed by atoms with Crippen molar-refractivity contribution >= 4 is 15.7 Å². The fourth-order valence-electron chi connectivity index (χ4n) is 2.47. The largest absolute Gasteiger partial charge is 0.381 e. The van der Waals surface area contributed by atoms with Gasteiger partial charge >= 0.3 is 0 Å². The second-order valence-corrected chi connectivity index (χ2v) is 9.05. The zero-order valence-electron chi connectivity index (χ0n) is 14.0. The highest BCUT2D eigenvalue weighted by molar-refractivity contribution is 7.91. The normalized spacial score (nSPS) is 18.8. The van der Waals surface area contributed by atoms with E-state index in [4.69, 9.17) is 4.74 Å². The van der Waals surface area contributed by atoms with Gasteiger partial charge in [0.2, 0.25) is 5.91 Å². The van der Waals surface area contributed by atoms with Crippen LogP contribution in [-0.4, -0.2) is 39.8 Å². The van der Waals surface area contributed by atoms with E-state index in [1.54, 1.807) is 12.1 Å². The molecule has 2 rings (SSSR count). The topological polar surface area (TPSA) is 72.5 Å². The monoisotopic (exact) mass is 339 g/mol. The van der Waals surface area contributed by atoms with E-state index in [0.29, 0.717) is 24.5 Å². The maximum Gasteiger partial charge on any atom is 0.225 e. The molecular formula is C17H25NO4S. The Bertz CT molecular complexity index is 638. The average molecular weight is 339 g/mol. The second kappa shape index (κ2) is 7.01. The smallest absolute Gasteiger partial charge is 0.225 e. The molecule has 6 heteroatoms. The van der Waals surface area contributed by atoms with E-state index in [1.165, 1.54) is 0 Å². The summed E-state index contributed by atoms with van der Waals surface area (Å²) in [5, 5.41) is 2.69. The van der Waals surface area contributed by atoms with E-state index in [-0.39, 0.29) is 29.5 Å². The van der Waals surface area contributed by atoms with E-state index in [0.717, 1.165) is 5.56 Å². The SMILES string of the molecule is CC(C)(C)c1ccc(S(=O)(=O)CCNC(=O)[C@H]2CCOC2)cc1. The fourth-order valence-corrected chi connectivity index (χ4v) is 3.63. The minimum absolute atomic E-state index is 0.0143. The van der Waals surface area contributed by atoms with Crippen molar-refractivity contribution in [2.75, 3.05) is 25.5 Å². The molecule has 0 bridgehead atoms. The summed E-state index contributed by atoms with van der Waals surface area (Å²) in [6.07, 6.45) is 0.701. The summed E-state index contributed by atoms with van der Waals surface area (Å²) < 4.78 is 29.8. The summed E-state index contributed by atoms with van der Waals surface area (Å²) in [5.41, 5.74) is 1.07. The molecule has 23 heavy (non-hydrogen) atoms. The van der Waals surface area contributed by atoms with E-state index < -0.39 is 9.84 Å². The lowest BCUT2D eigenvalue weighted by atomic mass is 9.87. The van der Waals surface area contributed by atoms with Crippen LogP contribution in [0.2, 0.25) is 0 Å². The molecule has 5 nitrogen and oxygen atoms in total. The van der Waals surface area contributed by atoms with Crippen molar-refractivity contribution in [3.8, 4) is 0 Å². The lowest BCUT2D eigenvalue weighted by Gasteiger charge is -2.19. The van der Waals surface area contributed by atoms with Crippen LogP contribution in [0, 0.1) is 5.92 Å². The number of benzene rings is 1. The molecule has 0 aliphatic carbocycles. The van der Waals surface area contributed by atoms with Crippen molar-refractivity contribution in [1.82, 2.24) is 5.32 Å². The average Bonchev–Trinajstić information content (AvgIpc) is 3.00. The third kappa shape index (κ3) is 4.78. The Kier molecular flexibility index (Phi) is 5.47. The van der Waals surface area contributed by atoms with E-state index in [2.05, 4.69) is 26.1 Å². The second-order valence-electron chi connectivity index (χ2n) is 6.94. The van der Waals surface area contributed by atoms with Crippen LogP contribution in [0.4, 0.5) is 0 Å². The Morgan fingerprint density at radius 2 is 1.91 bits per heavy atom. The van der Waals surface area contributed by atoms with Gasteiger partial charge in [0.05, 0.1) is 23.2 Å². The molecule has 1 saturated heterocycles. The quantitative estimate of drug-likeness (QED) is 0.889. The summed E-state index contributed by atoms with van der Waals surface area (Å²) >= 11 is 0. The third-order valence-corrected chi connectivity index (χ3v) is 5.78. The number of sulfone groups is 1. The molecule has 1 amide bonds. The van der Waals surface area contributed by atoms with E-state index in [1.807, 2.05) is 12.1 Å². The molecule has 1 aliphatic rings. The number of ether oxygens (including phenoxy) is 1. The fraction of sp³-hybridized carbons (Fsp3) is 0.588. The van der Waals surface area contributed by atoms with Crippen LogP contribution in [-0.2, 0) is 24.8 Å². The zero-order chi connectivity index (χ0) is 17.1. The molecule has 1 fully saturated rings. The maximum absolute atomic E-state index is 12.3. The van der Waals surface area contributed by atoms with E-state index in [9.17, 15) is 13.2 Å². The number of hydrogen-bond acceptors (Lipinski definition) is 4. The molecule has 1 N–H and O–H groups in total. The Hall–Kier alpha value is -1.40. The standard InChI is InChI=1S/C17H25NO4S/c1-17(2,3)14-4-6-15(7-5-14)23(20,21)11-9-18-16(19)13-8-10-22-12-13/h4-7,13H,8-12H2,1-3H3,(H,18,19)/t13-/m0/s1. The summed E-state index contributed by atoms with van der Waals surface area (Å²) in [7, 11) is -3.39. The van der Waals surface area contributed by atoms with Gasteiger partial charge in [-0.2, -0.15) is 0 Å². The Morgan fingerprint density at radius 3 is 2.43 bits per heavy atom. The van der Waals surface area contributed by atoms with Gasteiger partial charge in [0.1, 0.15) is 0 Å². The molecule has 128 valence electrons. The van der Waals surface area contributed by atoms with Crippen molar-refractivity contribution < 1.29 is 17.9 Å². The lowest BCUT2D eigenvalue weighted by Crippen LogP contribution is -2.34. The Morgan fingerprint density at radius 1 is 1.26 bits per heavy atom. The van der Waals surface area contributed by atoms with Gasteiger partial charge in [-0.15, -0.1) is 0 Å². The number of hydrogen-bond donors (Lipinski definition) is 1. The highest BCUT2D eigenvalue weighted by Crippen LogP contribution is 2.23. The Labute approximate surface area is 138 Å². The number of carbonyl (C=O) groups is 1. The minimum atomic E-state index is -3.39. The first-order chi connectivity index (χ1) is 10.7. The zero-order valence-corrected chi connectivity index (χ0v) is 14.8. The van der Waals surface area contributed by atoms with Crippen LogP contribution in [0.15, 0.2) is 29.2 Å². The summed E-state index contributed by atoms with van der Waals surface area (Å²) in [5.74, 6) is -0.370. The molecule has 1 aromatic rings. The van der Waals surface area contributed by atoms with E-state index >= 15 is 0 Å². The number of carbonyl (C=O) groups excluding carboxylic acids is 1. The van der Waals surface area contributed by atoms with Gasteiger partial charge in [0.15, 0.2) is 9.84 Å². The predicted octanol–water partition coefficient (Wildman–Crippen LogP) is 1.91. The van der Waals surface area contributed by atoms with Crippen molar-refractivity contribution in [3.05, 3.63) is 29.8 Å². The van der Waals surface area contributed by atoms with Gasteiger partial charge in [0.25, 0.3) is 0 Å². The first kappa shape index (κ1) is 17.9. The van der Waals surface area contributed by atoms with Crippen LogP contribution < -0.4 is 5.32 Å². The van der Waals surface area contributed by atoms with Gasteiger partial charge < -0.3 is 10.1 Å². The highest BCUT2D eigenvalue weighted by Gasteiger charge is 2.24. The lowest BCUT2D eigenvalue weighted by molar-refractivity contribution is -0.124. The number of amides is 1. The number of nitrogens with one attached hydrogen (secondary N) is 1. The first-order valence-electron chi connectivity index (χ1n) is 7.89. The van der Waals surface area contributed by atoms with Gasteiger partial charge in [-0.05, 0) is 29.5 Å². The molecule has 0 aromatic heterocycles. The Balaban J connectivity index is 1.92. The van der Waals surface area contributed by atoms with Gasteiger partial charge in [-0.1, -0.05) is 32.9 Å². The van der Waals surface area contributed by atoms with Gasteiger partial charge in [-0.3, -0.25) is 4.79 Å². The minimum Gasteiger partial charge on any atom is -0.381 e. The molecule has 1 heterocycles. The van der Waals surface area contributed by atoms with Crippen LogP contribution in [0.1, 0.15) is 32.8 Å². The van der Waals surface area contributed by atoms with Crippen LogP contribution in [0.25, 0.3) is 0 Å². The van der Waals surface area contributed by atoms with Crippen molar-refractivity contribution in [2.24, 2.45) is 5.92 Å². The molecule has 1 atom stereocenters. The van der Waals surface area contributed by atoms with Crippen molar-refractivity contribution in [2.45, 2.75) is 37.5 Å². The predicted molar refractivity (Wildman–Crippen MR) is 89.1 cm³/mol. The summed E-state index contributed by atoms with van der Waals surface area (Å²) in [4.78, 5) is 12.1. The van der Waals surface area contributed by atoms with Crippen molar-refractivity contribution in [3.63, 3.8) is 0 Å². The van der Waals surface area contributed by atoms with Crippen LogP contribution >= 0.6 is 0 Å². The number of rotatable bonds is 5. The van der Waals surface area contributed by atoms with Crippen LogP contribution in [0.5, 0.6) is 0 Å². The van der Waals surface area contributed by atoms with Gasteiger partial charge in [0, 0.05) is 13.2 Å². The third-order valence-electron chi connectivity index (χ3n) is 4.05. The molecule has 0 unspecified atom stereocenters. The van der Waals surface area contributed by atoms with Crippen molar-refractivity contribution in [1.29, 1.82) is 0 Å². The van der Waals surface area contributed by atoms with Gasteiger partial charge in [-0.25, -0.2) is 8.42 Å². The molecule has 1 aromatic carbocycles. The first-order valence-corrected chi connectivity index (χ1v) is 9.54. The molecule has 0 saturated carbocycles. The molecule has 0 spiro atoms.